The van der Waals surface area contributed by atoms with Crippen LogP contribution in [-0.4, -0.2) is 35.9 Å². The zero-order valence-corrected chi connectivity index (χ0v) is 22.0. The molecule has 0 aliphatic carbocycles. The van der Waals surface area contributed by atoms with Gasteiger partial charge in [0.05, 0.1) is 6.61 Å². The molecule has 184 valence electrons. The summed E-state index contributed by atoms with van der Waals surface area (Å²) in [6.45, 7) is 5.23. The van der Waals surface area contributed by atoms with Crippen LogP contribution in [0.3, 0.4) is 0 Å². The van der Waals surface area contributed by atoms with E-state index in [1.54, 1.807) is 4.90 Å². The number of hydrogen-bond acceptors (Lipinski definition) is 3. The summed E-state index contributed by atoms with van der Waals surface area (Å²) in [6.07, 6.45) is 1.32. The summed E-state index contributed by atoms with van der Waals surface area (Å²) >= 11 is 3.46. The number of rotatable bonds is 12. The van der Waals surface area contributed by atoms with Crippen molar-refractivity contribution < 1.29 is 14.3 Å². The molecule has 0 heterocycles. The molecule has 1 N–H and O–H groups in total. The van der Waals surface area contributed by atoms with E-state index < -0.39 is 6.04 Å². The molecule has 0 spiro atoms. The normalized spacial score (nSPS) is 11.5. The maximum Gasteiger partial charge on any atom is 0.243 e. The monoisotopic (exact) mass is 536 g/mol. The molecule has 5 nitrogen and oxygen atoms in total. The van der Waals surface area contributed by atoms with Crippen molar-refractivity contribution in [3.63, 3.8) is 0 Å². The molecule has 3 aromatic rings. The number of ether oxygens (including phenoxy) is 1. The van der Waals surface area contributed by atoms with Crippen molar-refractivity contribution in [1.29, 1.82) is 0 Å². The molecule has 3 rings (SSSR count). The molecule has 0 aliphatic rings. The minimum atomic E-state index is -0.605. The second kappa shape index (κ2) is 13.7. The third kappa shape index (κ3) is 8.55. The lowest BCUT2D eigenvalue weighted by atomic mass is 10.0. The van der Waals surface area contributed by atoms with Crippen LogP contribution < -0.4 is 10.1 Å². The van der Waals surface area contributed by atoms with Crippen molar-refractivity contribution in [2.75, 3.05) is 13.2 Å². The van der Waals surface area contributed by atoms with Gasteiger partial charge < -0.3 is 15.0 Å². The molecular weight excluding hydrogens is 504 g/mol. The van der Waals surface area contributed by atoms with Gasteiger partial charge in [-0.25, -0.2) is 0 Å². The van der Waals surface area contributed by atoms with E-state index in [0.717, 1.165) is 21.3 Å². The van der Waals surface area contributed by atoms with Crippen LogP contribution in [-0.2, 0) is 22.6 Å². The summed E-state index contributed by atoms with van der Waals surface area (Å²) in [5, 5.41) is 2.92. The van der Waals surface area contributed by atoms with Crippen LogP contribution in [0, 0.1) is 6.92 Å². The van der Waals surface area contributed by atoms with Crippen molar-refractivity contribution >= 4 is 27.7 Å². The predicted molar refractivity (Wildman–Crippen MR) is 143 cm³/mol. The number of likely N-dealkylation sites (N-methyl/N-ethyl adjacent to an activating group) is 1. The van der Waals surface area contributed by atoms with E-state index in [0.29, 0.717) is 39.0 Å². The smallest absolute Gasteiger partial charge is 0.243 e. The second-order valence-corrected chi connectivity index (χ2v) is 9.43. The first-order chi connectivity index (χ1) is 17.0. The topological polar surface area (TPSA) is 58.6 Å². The van der Waals surface area contributed by atoms with Gasteiger partial charge in [-0.05, 0) is 55.7 Å². The van der Waals surface area contributed by atoms with Crippen molar-refractivity contribution in [2.24, 2.45) is 0 Å². The molecule has 0 radical (unpaired) electrons. The second-order valence-electron chi connectivity index (χ2n) is 8.51. The van der Waals surface area contributed by atoms with Crippen LogP contribution in [0.25, 0.3) is 0 Å². The maximum atomic E-state index is 13.5. The zero-order valence-electron chi connectivity index (χ0n) is 20.4. The molecule has 0 aliphatic heterocycles. The van der Waals surface area contributed by atoms with E-state index in [2.05, 4.69) is 21.2 Å². The molecule has 3 aromatic carbocycles. The first kappa shape index (κ1) is 26.5. The average Bonchev–Trinajstić information content (AvgIpc) is 2.87. The van der Waals surface area contributed by atoms with Gasteiger partial charge in [0.25, 0.3) is 0 Å². The van der Waals surface area contributed by atoms with Crippen molar-refractivity contribution in [2.45, 2.75) is 45.7 Å². The SMILES string of the molecule is CCNC(=O)C(Cc1ccccc1)N(Cc1ccc(Br)cc1)C(=O)CCCOc1ccc(C)cc1. The van der Waals surface area contributed by atoms with E-state index >= 15 is 0 Å². The highest BCUT2D eigenvalue weighted by Crippen LogP contribution is 2.19. The summed E-state index contributed by atoms with van der Waals surface area (Å²) in [5.74, 6) is 0.587. The Hall–Kier alpha value is -3.12. The average molecular weight is 537 g/mol. The Labute approximate surface area is 216 Å². The number of nitrogens with one attached hydrogen (secondary N) is 1. The third-order valence-electron chi connectivity index (χ3n) is 5.71. The number of nitrogens with zero attached hydrogens (tertiary/aromatic N) is 1. The van der Waals surface area contributed by atoms with Gasteiger partial charge in [0.1, 0.15) is 11.8 Å². The Morgan fingerprint density at radius 2 is 1.63 bits per heavy atom. The largest absolute Gasteiger partial charge is 0.494 e. The lowest BCUT2D eigenvalue weighted by Crippen LogP contribution is -2.50. The van der Waals surface area contributed by atoms with Crippen LogP contribution in [0.1, 0.15) is 36.5 Å². The predicted octanol–water partition coefficient (Wildman–Crippen LogP) is 5.69. The lowest BCUT2D eigenvalue weighted by Gasteiger charge is -2.31. The maximum absolute atomic E-state index is 13.5. The van der Waals surface area contributed by atoms with Gasteiger partial charge in [0.15, 0.2) is 0 Å². The molecule has 6 heteroatoms. The molecule has 1 unspecified atom stereocenters. The Morgan fingerprint density at radius 3 is 2.29 bits per heavy atom. The number of aryl methyl sites for hydroxylation is 1. The molecular formula is C29H33BrN2O3. The molecule has 0 saturated heterocycles. The van der Waals surface area contributed by atoms with Gasteiger partial charge in [-0.2, -0.15) is 0 Å². The number of amides is 2. The minimum Gasteiger partial charge on any atom is -0.494 e. The number of carbonyl (C=O) groups is 2. The number of benzene rings is 3. The summed E-state index contributed by atoms with van der Waals surface area (Å²) < 4.78 is 6.78. The van der Waals surface area contributed by atoms with E-state index in [4.69, 9.17) is 4.74 Å². The first-order valence-corrected chi connectivity index (χ1v) is 12.8. The summed E-state index contributed by atoms with van der Waals surface area (Å²) in [6, 6.07) is 24.9. The Balaban J connectivity index is 1.75. The van der Waals surface area contributed by atoms with Crippen molar-refractivity contribution in [1.82, 2.24) is 10.2 Å². The van der Waals surface area contributed by atoms with Gasteiger partial charge in [0, 0.05) is 30.4 Å². The van der Waals surface area contributed by atoms with Crippen LogP contribution in [0.4, 0.5) is 0 Å². The Bertz CT molecular complexity index is 1070. The fourth-order valence-corrected chi connectivity index (χ4v) is 4.09. The van der Waals surface area contributed by atoms with Gasteiger partial charge in [0.2, 0.25) is 11.8 Å². The number of hydrogen-bond donors (Lipinski definition) is 1. The lowest BCUT2D eigenvalue weighted by molar-refractivity contribution is -0.141. The highest BCUT2D eigenvalue weighted by molar-refractivity contribution is 9.10. The van der Waals surface area contributed by atoms with Crippen LogP contribution in [0.15, 0.2) is 83.3 Å². The number of halogens is 1. The molecule has 1 atom stereocenters. The van der Waals surface area contributed by atoms with E-state index in [1.165, 1.54) is 5.56 Å². The van der Waals surface area contributed by atoms with E-state index in [1.807, 2.05) is 92.7 Å². The minimum absolute atomic E-state index is 0.0624. The molecule has 0 saturated carbocycles. The molecule has 35 heavy (non-hydrogen) atoms. The first-order valence-electron chi connectivity index (χ1n) is 12.0. The summed E-state index contributed by atoms with van der Waals surface area (Å²) in [4.78, 5) is 28.4. The summed E-state index contributed by atoms with van der Waals surface area (Å²) in [7, 11) is 0. The van der Waals surface area contributed by atoms with Gasteiger partial charge in [-0.3, -0.25) is 9.59 Å². The Kier molecular flexibility index (Phi) is 10.4. The third-order valence-corrected chi connectivity index (χ3v) is 6.24. The molecule has 0 bridgehead atoms. The molecule has 2 amide bonds. The number of carbonyl (C=O) groups excluding carboxylic acids is 2. The Morgan fingerprint density at radius 1 is 0.943 bits per heavy atom. The fourth-order valence-electron chi connectivity index (χ4n) is 3.82. The van der Waals surface area contributed by atoms with Crippen molar-refractivity contribution in [3.8, 4) is 5.75 Å². The van der Waals surface area contributed by atoms with E-state index in [9.17, 15) is 9.59 Å². The van der Waals surface area contributed by atoms with E-state index in [-0.39, 0.29) is 11.8 Å². The van der Waals surface area contributed by atoms with Gasteiger partial charge in [-0.1, -0.05) is 76.1 Å². The highest BCUT2D eigenvalue weighted by Gasteiger charge is 2.29. The van der Waals surface area contributed by atoms with Crippen LogP contribution in [0.2, 0.25) is 0 Å². The highest BCUT2D eigenvalue weighted by atomic mass is 79.9. The molecule has 0 fully saturated rings. The van der Waals surface area contributed by atoms with Crippen LogP contribution in [0.5, 0.6) is 5.75 Å². The zero-order chi connectivity index (χ0) is 25.0. The standard InChI is InChI=1S/C29H33BrN2O3/c1-3-31-29(34)27(20-23-8-5-4-6-9-23)32(21-24-13-15-25(30)16-14-24)28(33)10-7-19-35-26-17-11-22(2)12-18-26/h4-6,8-9,11-18,27H,3,7,10,19-21H2,1-2H3,(H,31,34). The van der Waals surface area contributed by atoms with Gasteiger partial charge in [-0.15, -0.1) is 0 Å². The van der Waals surface area contributed by atoms with Gasteiger partial charge >= 0.3 is 0 Å². The summed E-state index contributed by atoms with van der Waals surface area (Å²) in [5.41, 5.74) is 3.16. The molecule has 0 aromatic heterocycles. The fraction of sp³-hybridized carbons (Fsp3) is 0.310. The van der Waals surface area contributed by atoms with Crippen LogP contribution >= 0.6 is 15.9 Å². The van der Waals surface area contributed by atoms with Crippen molar-refractivity contribution in [3.05, 3.63) is 100 Å². The quantitative estimate of drug-likeness (QED) is 0.302.